The maximum Gasteiger partial charge on any atom is 0.226 e. The molecule has 0 aliphatic carbocycles. The smallest absolute Gasteiger partial charge is 0.226 e. The Balaban J connectivity index is 2.11. The van der Waals surface area contributed by atoms with Crippen LogP contribution in [-0.2, 0) is 0 Å². The van der Waals surface area contributed by atoms with E-state index in [2.05, 4.69) is 27.2 Å². The van der Waals surface area contributed by atoms with Gasteiger partial charge in [-0.25, -0.2) is 9.97 Å². The largest absolute Gasteiger partial charge is 0.475 e. The summed E-state index contributed by atoms with van der Waals surface area (Å²) in [4.78, 5) is 14.2. The third-order valence-electron chi connectivity index (χ3n) is 2.66. The van der Waals surface area contributed by atoms with Crippen molar-refractivity contribution in [2.45, 2.75) is 46.8 Å². The predicted octanol–water partition coefficient (Wildman–Crippen LogP) is 3.51. The lowest BCUT2D eigenvalue weighted by Gasteiger charge is -2.14. The summed E-state index contributed by atoms with van der Waals surface area (Å²) in [5, 5.41) is 4.37. The van der Waals surface area contributed by atoms with E-state index in [1.165, 1.54) is 4.88 Å². The van der Waals surface area contributed by atoms with Gasteiger partial charge in [-0.15, -0.1) is 11.3 Å². The summed E-state index contributed by atoms with van der Waals surface area (Å²) in [7, 11) is 0. The number of aryl methyl sites for hydroxylation is 2. The Labute approximate surface area is 123 Å². The van der Waals surface area contributed by atoms with Crippen LogP contribution in [0.5, 0.6) is 5.88 Å². The van der Waals surface area contributed by atoms with Gasteiger partial charge in [-0.1, -0.05) is 0 Å². The highest BCUT2D eigenvalue weighted by molar-refractivity contribution is 7.11. The Morgan fingerprint density at radius 3 is 2.55 bits per heavy atom. The molecule has 0 radical (unpaired) electrons. The number of nitrogens with zero attached hydrogens (tertiary/aromatic N) is 3. The van der Waals surface area contributed by atoms with Gasteiger partial charge in [0, 0.05) is 17.1 Å². The molecule has 2 rings (SSSR count). The summed E-state index contributed by atoms with van der Waals surface area (Å²) in [5.41, 5.74) is 1.06. The van der Waals surface area contributed by atoms with E-state index < -0.39 is 0 Å². The number of hydrogen-bond acceptors (Lipinski definition) is 6. The zero-order valence-corrected chi connectivity index (χ0v) is 13.3. The second-order valence-electron chi connectivity index (χ2n) is 4.93. The molecule has 0 aromatic carbocycles. The summed E-state index contributed by atoms with van der Waals surface area (Å²) in [6.45, 7) is 10.1. The van der Waals surface area contributed by atoms with Crippen LogP contribution >= 0.6 is 11.3 Å². The van der Waals surface area contributed by atoms with Crippen molar-refractivity contribution in [3.05, 3.63) is 27.8 Å². The van der Waals surface area contributed by atoms with Gasteiger partial charge in [0.2, 0.25) is 11.8 Å². The monoisotopic (exact) mass is 292 g/mol. The van der Waals surface area contributed by atoms with Gasteiger partial charge < -0.3 is 10.1 Å². The third-order valence-corrected chi connectivity index (χ3v) is 3.92. The molecular formula is C14H20N4OS. The molecule has 2 heterocycles. The molecule has 0 bridgehead atoms. The Morgan fingerprint density at radius 2 is 1.95 bits per heavy atom. The van der Waals surface area contributed by atoms with E-state index >= 15 is 0 Å². The number of aromatic nitrogens is 3. The highest BCUT2D eigenvalue weighted by Crippen LogP contribution is 2.26. The zero-order valence-electron chi connectivity index (χ0n) is 12.5. The summed E-state index contributed by atoms with van der Waals surface area (Å²) in [5.74, 6) is 1.16. The van der Waals surface area contributed by atoms with Crippen LogP contribution in [0.1, 0.15) is 42.4 Å². The molecule has 0 saturated heterocycles. The summed E-state index contributed by atoms with van der Waals surface area (Å²) in [6, 6.07) is 1.88. The van der Waals surface area contributed by atoms with Crippen LogP contribution < -0.4 is 10.1 Å². The first kappa shape index (κ1) is 14.7. The second-order valence-corrected chi connectivity index (χ2v) is 6.17. The topological polar surface area (TPSA) is 59.9 Å². The van der Waals surface area contributed by atoms with Crippen LogP contribution in [0.2, 0.25) is 0 Å². The van der Waals surface area contributed by atoms with E-state index in [0.717, 1.165) is 10.7 Å². The van der Waals surface area contributed by atoms with Crippen molar-refractivity contribution in [1.82, 2.24) is 15.0 Å². The molecule has 0 aliphatic heterocycles. The van der Waals surface area contributed by atoms with Crippen molar-refractivity contribution in [3.8, 4) is 5.88 Å². The number of hydrogen-bond donors (Lipinski definition) is 1. The maximum atomic E-state index is 5.57. The van der Waals surface area contributed by atoms with Crippen molar-refractivity contribution in [2.75, 3.05) is 5.32 Å². The number of thiazole rings is 1. The third kappa shape index (κ3) is 3.66. The molecule has 0 amide bonds. The van der Waals surface area contributed by atoms with Crippen molar-refractivity contribution in [3.63, 3.8) is 0 Å². The molecule has 20 heavy (non-hydrogen) atoms. The standard InChI is InChI=1S/C14H20N4OS/c1-8(2)19-12-6-7-15-14(18-12)17-10(4)13-9(3)16-11(5)20-13/h6-8,10H,1-5H3,(H,15,17,18). The summed E-state index contributed by atoms with van der Waals surface area (Å²) in [6.07, 6.45) is 1.80. The molecule has 0 aliphatic rings. The number of nitrogens with one attached hydrogen (secondary N) is 1. The highest BCUT2D eigenvalue weighted by Gasteiger charge is 2.14. The lowest BCUT2D eigenvalue weighted by Crippen LogP contribution is -2.11. The van der Waals surface area contributed by atoms with Gasteiger partial charge in [-0.3, -0.25) is 0 Å². The fourth-order valence-corrected chi connectivity index (χ4v) is 2.86. The van der Waals surface area contributed by atoms with Crippen molar-refractivity contribution >= 4 is 17.3 Å². The van der Waals surface area contributed by atoms with Crippen molar-refractivity contribution in [2.24, 2.45) is 0 Å². The first-order valence-electron chi connectivity index (χ1n) is 6.66. The molecule has 5 nitrogen and oxygen atoms in total. The van der Waals surface area contributed by atoms with Gasteiger partial charge in [0.1, 0.15) is 0 Å². The van der Waals surface area contributed by atoms with Crippen LogP contribution in [0.25, 0.3) is 0 Å². The molecule has 0 fully saturated rings. The molecule has 0 spiro atoms. The quantitative estimate of drug-likeness (QED) is 0.913. The maximum absolute atomic E-state index is 5.57. The van der Waals surface area contributed by atoms with E-state index in [9.17, 15) is 0 Å². The highest BCUT2D eigenvalue weighted by atomic mass is 32.1. The number of rotatable bonds is 5. The lowest BCUT2D eigenvalue weighted by atomic mass is 10.2. The molecule has 1 N–H and O–H groups in total. The fourth-order valence-electron chi connectivity index (χ4n) is 1.93. The molecule has 0 saturated carbocycles. The Bertz CT molecular complexity index is 582. The Hall–Kier alpha value is -1.69. The normalized spacial score (nSPS) is 12.5. The van der Waals surface area contributed by atoms with Crippen molar-refractivity contribution < 1.29 is 4.74 Å². The lowest BCUT2D eigenvalue weighted by molar-refractivity contribution is 0.232. The average molecular weight is 292 g/mol. The molecule has 1 atom stereocenters. The molecule has 108 valence electrons. The summed E-state index contributed by atoms with van der Waals surface area (Å²) < 4.78 is 5.57. The SMILES string of the molecule is Cc1nc(C)c(C(C)Nc2nccc(OC(C)C)n2)s1. The molecule has 6 heteroatoms. The minimum atomic E-state index is 0.0987. The van der Waals surface area contributed by atoms with E-state index in [-0.39, 0.29) is 12.1 Å². The first-order valence-corrected chi connectivity index (χ1v) is 7.47. The Morgan fingerprint density at radius 1 is 1.20 bits per heavy atom. The predicted molar refractivity (Wildman–Crippen MR) is 81.4 cm³/mol. The average Bonchev–Trinajstić information content (AvgIpc) is 2.68. The van der Waals surface area contributed by atoms with E-state index in [1.54, 1.807) is 23.6 Å². The molecule has 1 unspecified atom stereocenters. The van der Waals surface area contributed by atoms with Crippen molar-refractivity contribution in [1.29, 1.82) is 0 Å². The minimum Gasteiger partial charge on any atom is -0.475 e. The first-order chi connectivity index (χ1) is 9.45. The second kappa shape index (κ2) is 6.17. The Kier molecular flexibility index (Phi) is 4.54. The zero-order chi connectivity index (χ0) is 14.7. The van der Waals surface area contributed by atoms with Gasteiger partial charge >= 0.3 is 0 Å². The molecular weight excluding hydrogens is 272 g/mol. The molecule has 2 aromatic heterocycles. The van der Waals surface area contributed by atoms with Gasteiger partial charge in [-0.2, -0.15) is 4.98 Å². The van der Waals surface area contributed by atoms with E-state index in [1.807, 2.05) is 27.7 Å². The van der Waals surface area contributed by atoms with E-state index in [4.69, 9.17) is 4.74 Å². The fraction of sp³-hybridized carbons (Fsp3) is 0.500. The van der Waals surface area contributed by atoms with Crippen LogP contribution in [-0.4, -0.2) is 21.1 Å². The van der Waals surface area contributed by atoms with E-state index in [0.29, 0.717) is 11.8 Å². The van der Waals surface area contributed by atoms with Gasteiger partial charge in [0.15, 0.2) is 0 Å². The minimum absolute atomic E-state index is 0.0987. The number of ether oxygens (including phenoxy) is 1. The van der Waals surface area contributed by atoms with Gasteiger partial charge in [0.05, 0.1) is 22.8 Å². The number of anilines is 1. The van der Waals surface area contributed by atoms with Crippen LogP contribution in [0, 0.1) is 13.8 Å². The summed E-state index contributed by atoms with van der Waals surface area (Å²) >= 11 is 1.70. The van der Waals surface area contributed by atoms with Gasteiger partial charge in [-0.05, 0) is 34.6 Å². The van der Waals surface area contributed by atoms with Crippen LogP contribution in [0.4, 0.5) is 5.95 Å². The van der Waals surface area contributed by atoms with Crippen LogP contribution in [0.15, 0.2) is 12.3 Å². The van der Waals surface area contributed by atoms with Gasteiger partial charge in [0.25, 0.3) is 0 Å². The molecule has 2 aromatic rings. The van der Waals surface area contributed by atoms with Crippen LogP contribution in [0.3, 0.4) is 0 Å².